The molecule has 1 heterocycles. The number of nitrogens with one attached hydrogen (secondary N) is 1. The molecule has 0 saturated carbocycles. The summed E-state index contributed by atoms with van der Waals surface area (Å²) in [7, 11) is 0. The van der Waals surface area contributed by atoms with Crippen molar-refractivity contribution in [2.45, 2.75) is 25.8 Å². The smallest absolute Gasteiger partial charge is 0.228 e. The lowest BCUT2D eigenvalue weighted by molar-refractivity contribution is -0.128. The third-order valence-corrected chi connectivity index (χ3v) is 4.84. The van der Waals surface area contributed by atoms with E-state index in [1.165, 1.54) is 12.1 Å². The van der Waals surface area contributed by atoms with Crippen molar-refractivity contribution in [1.29, 1.82) is 0 Å². The molecule has 2 unspecified atom stereocenters. The molecule has 3 nitrogen and oxygen atoms in total. The van der Waals surface area contributed by atoms with Crippen LogP contribution in [0.3, 0.4) is 0 Å². The fourth-order valence-electron chi connectivity index (χ4n) is 3.13. The Hall–Kier alpha value is -1.91. The van der Waals surface area contributed by atoms with Crippen molar-refractivity contribution in [3.63, 3.8) is 0 Å². The number of aliphatic hydroxyl groups is 1. The molecule has 5 heteroatoms. The van der Waals surface area contributed by atoms with Gasteiger partial charge in [0.2, 0.25) is 5.91 Å². The SMILES string of the molecule is CC1(CO)CC(Cc2ccc(-c3cc(Cl)ccc3F)cc2)NC1=O. The summed E-state index contributed by atoms with van der Waals surface area (Å²) in [5.41, 5.74) is 1.58. The standard InChI is InChI=1S/C19H19ClFNO2/c1-19(11-23)10-15(22-18(19)24)8-12-2-4-13(5-3-12)16-9-14(20)6-7-17(16)21/h2-7,9,15,23H,8,10-11H2,1H3,(H,22,24). The molecular weight excluding hydrogens is 329 g/mol. The topological polar surface area (TPSA) is 49.3 Å². The van der Waals surface area contributed by atoms with E-state index in [2.05, 4.69) is 5.32 Å². The highest BCUT2D eigenvalue weighted by Crippen LogP contribution is 2.31. The Morgan fingerprint density at radius 1 is 1.29 bits per heavy atom. The van der Waals surface area contributed by atoms with Crippen molar-refractivity contribution in [2.24, 2.45) is 5.41 Å². The number of halogens is 2. The first kappa shape index (κ1) is 16.9. The lowest BCUT2D eigenvalue weighted by Crippen LogP contribution is -2.32. The average molecular weight is 348 g/mol. The van der Waals surface area contributed by atoms with Gasteiger partial charge in [0.15, 0.2) is 0 Å². The van der Waals surface area contributed by atoms with E-state index in [1.807, 2.05) is 24.3 Å². The summed E-state index contributed by atoms with van der Waals surface area (Å²) in [6, 6.07) is 12.1. The van der Waals surface area contributed by atoms with Gasteiger partial charge >= 0.3 is 0 Å². The normalized spacial score (nSPS) is 23.3. The van der Waals surface area contributed by atoms with Gasteiger partial charge in [-0.15, -0.1) is 0 Å². The molecule has 2 atom stereocenters. The lowest BCUT2D eigenvalue weighted by Gasteiger charge is -2.16. The van der Waals surface area contributed by atoms with Crippen LogP contribution in [0.25, 0.3) is 11.1 Å². The fraction of sp³-hybridized carbons (Fsp3) is 0.316. The highest BCUT2D eigenvalue weighted by Gasteiger charge is 2.42. The third kappa shape index (κ3) is 3.30. The van der Waals surface area contributed by atoms with E-state index in [4.69, 9.17) is 11.6 Å². The largest absolute Gasteiger partial charge is 0.395 e. The second-order valence-corrected chi connectivity index (χ2v) is 7.05. The summed E-state index contributed by atoms with van der Waals surface area (Å²) in [5, 5.41) is 12.8. The molecule has 24 heavy (non-hydrogen) atoms. The summed E-state index contributed by atoms with van der Waals surface area (Å²) in [4.78, 5) is 11.9. The first-order valence-corrected chi connectivity index (χ1v) is 8.25. The van der Waals surface area contributed by atoms with Crippen molar-refractivity contribution in [2.75, 3.05) is 6.61 Å². The molecule has 3 rings (SSSR count). The molecule has 0 bridgehead atoms. The van der Waals surface area contributed by atoms with Crippen LogP contribution >= 0.6 is 11.6 Å². The Morgan fingerprint density at radius 3 is 2.62 bits per heavy atom. The summed E-state index contributed by atoms with van der Waals surface area (Å²) < 4.78 is 13.9. The van der Waals surface area contributed by atoms with Gasteiger partial charge in [0.1, 0.15) is 5.82 Å². The number of benzene rings is 2. The van der Waals surface area contributed by atoms with Crippen LogP contribution in [0, 0.1) is 11.2 Å². The van der Waals surface area contributed by atoms with Gasteiger partial charge in [-0.1, -0.05) is 35.9 Å². The zero-order valence-electron chi connectivity index (χ0n) is 13.4. The van der Waals surface area contributed by atoms with Crippen LogP contribution in [0.2, 0.25) is 5.02 Å². The average Bonchev–Trinajstić information content (AvgIpc) is 2.85. The zero-order valence-corrected chi connectivity index (χ0v) is 14.1. The van der Waals surface area contributed by atoms with Crippen molar-refractivity contribution in [3.8, 4) is 11.1 Å². The van der Waals surface area contributed by atoms with E-state index in [-0.39, 0.29) is 24.4 Å². The van der Waals surface area contributed by atoms with Gasteiger partial charge in [0, 0.05) is 16.6 Å². The van der Waals surface area contributed by atoms with Gasteiger partial charge in [-0.05, 0) is 49.1 Å². The molecule has 1 amide bonds. The van der Waals surface area contributed by atoms with Gasteiger partial charge in [-0.25, -0.2) is 4.39 Å². The van der Waals surface area contributed by atoms with Gasteiger partial charge in [-0.3, -0.25) is 4.79 Å². The summed E-state index contributed by atoms with van der Waals surface area (Å²) in [6.45, 7) is 1.62. The maximum atomic E-state index is 13.9. The number of carbonyl (C=O) groups is 1. The van der Waals surface area contributed by atoms with Gasteiger partial charge < -0.3 is 10.4 Å². The molecule has 0 spiro atoms. The van der Waals surface area contributed by atoms with Crippen molar-refractivity contribution in [1.82, 2.24) is 5.32 Å². The van der Waals surface area contributed by atoms with Crippen molar-refractivity contribution in [3.05, 3.63) is 58.9 Å². The van der Waals surface area contributed by atoms with E-state index < -0.39 is 5.41 Å². The van der Waals surface area contributed by atoms with Crippen LogP contribution in [-0.4, -0.2) is 23.7 Å². The quantitative estimate of drug-likeness (QED) is 0.888. The first-order chi connectivity index (χ1) is 11.4. The molecule has 1 saturated heterocycles. The molecule has 1 aliphatic heterocycles. The zero-order chi connectivity index (χ0) is 17.3. The number of rotatable bonds is 4. The Bertz CT molecular complexity index is 762. The van der Waals surface area contributed by atoms with Crippen molar-refractivity contribution < 1.29 is 14.3 Å². The van der Waals surface area contributed by atoms with E-state index in [1.54, 1.807) is 13.0 Å². The van der Waals surface area contributed by atoms with E-state index in [0.717, 1.165) is 11.1 Å². The van der Waals surface area contributed by atoms with Crippen LogP contribution in [0.1, 0.15) is 18.9 Å². The predicted molar refractivity (Wildman–Crippen MR) is 92.3 cm³/mol. The second kappa shape index (κ2) is 6.54. The minimum absolute atomic E-state index is 0.00315. The maximum absolute atomic E-state index is 13.9. The van der Waals surface area contributed by atoms with Gasteiger partial charge in [-0.2, -0.15) is 0 Å². The summed E-state index contributed by atoms with van der Waals surface area (Å²) >= 11 is 5.94. The Balaban J connectivity index is 1.74. The van der Waals surface area contributed by atoms with Crippen molar-refractivity contribution >= 4 is 17.5 Å². The minimum atomic E-state index is -0.700. The van der Waals surface area contributed by atoms with Gasteiger partial charge in [0.25, 0.3) is 0 Å². The number of hydrogen-bond donors (Lipinski definition) is 2. The van der Waals surface area contributed by atoms with Crippen LogP contribution in [0.4, 0.5) is 4.39 Å². The number of amides is 1. The molecule has 1 aliphatic rings. The fourth-order valence-corrected chi connectivity index (χ4v) is 3.30. The molecule has 2 N–H and O–H groups in total. The highest BCUT2D eigenvalue weighted by atomic mass is 35.5. The van der Waals surface area contributed by atoms with Gasteiger partial charge in [0.05, 0.1) is 12.0 Å². The van der Waals surface area contributed by atoms with Crippen LogP contribution < -0.4 is 5.32 Å². The molecular formula is C19H19ClFNO2. The lowest BCUT2D eigenvalue weighted by atomic mass is 9.87. The summed E-state index contributed by atoms with van der Waals surface area (Å²) in [6.07, 6.45) is 1.28. The Kier molecular flexibility index (Phi) is 4.61. The van der Waals surface area contributed by atoms with E-state index in [9.17, 15) is 14.3 Å². The molecule has 1 fully saturated rings. The second-order valence-electron chi connectivity index (χ2n) is 6.62. The number of aliphatic hydroxyl groups excluding tert-OH is 1. The predicted octanol–water partition coefficient (Wildman–Crippen LogP) is 3.58. The Labute approximate surface area is 145 Å². The van der Waals surface area contributed by atoms with Crippen LogP contribution in [-0.2, 0) is 11.2 Å². The number of carbonyl (C=O) groups excluding carboxylic acids is 1. The monoisotopic (exact) mass is 347 g/mol. The number of hydrogen-bond acceptors (Lipinski definition) is 2. The first-order valence-electron chi connectivity index (χ1n) is 7.87. The minimum Gasteiger partial charge on any atom is -0.395 e. The Morgan fingerprint density at radius 2 is 2.00 bits per heavy atom. The highest BCUT2D eigenvalue weighted by molar-refractivity contribution is 6.30. The van der Waals surface area contributed by atoms with E-state index >= 15 is 0 Å². The molecule has 0 aliphatic carbocycles. The molecule has 126 valence electrons. The maximum Gasteiger partial charge on any atom is 0.228 e. The third-order valence-electron chi connectivity index (χ3n) is 4.60. The summed E-state index contributed by atoms with van der Waals surface area (Å²) in [5.74, 6) is -0.415. The van der Waals surface area contributed by atoms with E-state index in [0.29, 0.717) is 23.4 Å². The van der Waals surface area contributed by atoms with Crippen LogP contribution in [0.5, 0.6) is 0 Å². The molecule has 0 aromatic heterocycles. The molecule has 2 aromatic carbocycles. The van der Waals surface area contributed by atoms with Crippen LogP contribution in [0.15, 0.2) is 42.5 Å². The molecule has 2 aromatic rings. The molecule has 0 radical (unpaired) electrons.